The van der Waals surface area contributed by atoms with Crippen molar-refractivity contribution in [3.05, 3.63) is 58.1 Å². The van der Waals surface area contributed by atoms with Crippen LogP contribution in [0.1, 0.15) is 55.2 Å². The summed E-state index contributed by atoms with van der Waals surface area (Å²) >= 11 is 6.13. The molecule has 3 saturated heterocycles. The monoisotopic (exact) mass is 833 g/mol. The summed E-state index contributed by atoms with van der Waals surface area (Å²) in [6, 6.07) is 9.50. The highest BCUT2D eigenvalue weighted by molar-refractivity contribution is 6.33. The van der Waals surface area contributed by atoms with Crippen LogP contribution in [0.4, 0.5) is 34.1 Å². The predicted octanol–water partition coefficient (Wildman–Crippen LogP) is 4.88. The van der Waals surface area contributed by atoms with Gasteiger partial charge in [0.1, 0.15) is 0 Å². The van der Waals surface area contributed by atoms with E-state index >= 15 is 0 Å². The van der Waals surface area contributed by atoms with Crippen molar-refractivity contribution in [1.82, 2.24) is 24.5 Å². The number of alkyl halides is 3. The van der Waals surface area contributed by atoms with Gasteiger partial charge in [0.25, 0.3) is 11.8 Å². The molecule has 316 valence electrons. The number of piperidine rings is 3. The van der Waals surface area contributed by atoms with Gasteiger partial charge in [0.15, 0.2) is 12.7 Å². The van der Waals surface area contributed by atoms with Crippen LogP contribution in [0.2, 0.25) is 5.02 Å². The summed E-state index contributed by atoms with van der Waals surface area (Å²) in [4.78, 5) is 73.8. The van der Waals surface area contributed by atoms with Gasteiger partial charge in [-0.25, -0.2) is 9.59 Å². The maximum atomic E-state index is 14.1. The second-order valence-corrected chi connectivity index (χ2v) is 16.0. The number of likely N-dealkylation sites (N-methyl/N-ethyl adjacent to an activating group) is 1. The average molecular weight is 834 g/mol. The second-order valence-electron chi connectivity index (χ2n) is 15.6. The zero-order chi connectivity index (χ0) is 41.7. The first kappa shape index (κ1) is 42.8. The lowest BCUT2D eigenvalue weighted by Crippen LogP contribution is -2.53. The highest BCUT2D eigenvalue weighted by Crippen LogP contribution is 2.38. The van der Waals surface area contributed by atoms with Gasteiger partial charge in [-0.1, -0.05) is 29.8 Å². The van der Waals surface area contributed by atoms with E-state index < -0.39 is 35.5 Å². The van der Waals surface area contributed by atoms with Crippen LogP contribution in [0, 0.1) is 5.92 Å². The number of hydrogen-bond donors (Lipinski definition) is 2. The standard InChI is InChI=1S/C40H51ClF3N7O7/c1-47(2)34(52)24-57-37(54)27-7-14-48(15-8-27)28-10-16-49(17-11-28)36(53)33(23-25-21-30(40(42,43)44)35(45)31(41)22-25)58-39(56)50-18-12-29(13-19-50)51-20-9-26-5-3-4-6-32(26)46-38(51)55/h3-6,21-22,27-29,33H,7-20,23-24,45H2,1-2H3,(H,46,55)/t33-/m1/s1. The Labute approximate surface area is 340 Å². The Morgan fingerprint density at radius 1 is 0.914 bits per heavy atom. The number of likely N-dealkylation sites (tertiary alicyclic amines) is 3. The number of esters is 1. The van der Waals surface area contributed by atoms with E-state index in [0.29, 0.717) is 77.7 Å². The van der Waals surface area contributed by atoms with Crippen LogP contribution in [-0.2, 0) is 42.9 Å². The van der Waals surface area contributed by atoms with E-state index in [1.807, 2.05) is 24.3 Å². The third-order valence-corrected chi connectivity index (χ3v) is 12.0. The first-order valence-electron chi connectivity index (χ1n) is 19.7. The van der Waals surface area contributed by atoms with Crippen molar-refractivity contribution in [2.24, 2.45) is 5.92 Å². The lowest BCUT2D eigenvalue weighted by atomic mass is 9.93. The molecule has 1 atom stereocenters. The first-order valence-corrected chi connectivity index (χ1v) is 20.1. The number of rotatable bonds is 9. The van der Waals surface area contributed by atoms with Gasteiger partial charge < -0.3 is 45.0 Å². The highest BCUT2D eigenvalue weighted by atomic mass is 35.5. The van der Waals surface area contributed by atoms with Gasteiger partial charge in [-0.2, -0.15) is 13.2 Å². The van der Waals surface area contributed by atoms with E-state index in [1.165, 1.54) is 15.9 Å². The topological polar surface area (TPSA) is 158 Å². The van der Waals surface area contributed by atoms with Crippen LogP contribution in [0.25, 0.3) is 0 Å². The summed E-state index contributed by atoms with van der Waals surface area (Å²) in [5, 5.41) is 2.65. The molecule has 3 fully saturated rings. The molecule has 18 heteroatoms. The third-order valence-electron chi connectivity index (χ3n) is 11.7. The molecule has 14 nitrogen and oxygen atoms in total. The molecule has 6 rings (SSSR count). The van der Waals surface area contributed by atoms with Crippen molar-refractivity contribution in [1.29, 1.82) is 0 Å². The molecule has 4 aliphatic heterocycles. The SMILES string of the molecule is CN(C)C(=O)COC(=O)C1CCN(C2CCN(C(=O)[C@@H](Cc3cc(Cl)c(N)c(C(F)(F)F)c3)OC(=O)N3CCC(N4CCc5ccccc5NC4=O)CC3)CC2)CC1. The first-order chi connectivity index (χ1) is 27.6. The number of anilines is 2. The number of para-hydroxylation sites is 1. The van der Waals surface area contributed by atoms with Crippen LogP contribution in [0.15, 0.2) is 36.4 Å². The third kappa shape index (κ3) is 10.3. The predicted molar refractivity (Wildman–Crippen MR) is 209 cm³/mol. The number of amides is 5. The Bertz CT molecular complexity index is 1840. The van der Waals surface area contributed by atoms with Crippen molar-refractivity contribution >= 4 is 52.9 Å². The Kier molecular flexibility index (Phi) is 13.6. The molecule has 0 aromatic heterocycles. The van der Waals surface area contributed by atoms with E-state index in [1.54, 1.807) is 23.9 Å². The zero-order valence-electron chi connectivity index (χ0n) is 32.8. The van der Waals surface area contributed by atoms with Gasteiger partial charge in [-0.3, -0.25) is 14.4 Å². The van der Waals surface area contributed by atoms with Gasteiger partial charge in [-0.15, -0.1) is 0 Å². The van der Waals surface area contributed by atoms with Crippen LogP contribution in [-0.4, -0.2) is 139 Å². The fourth-order valence-corrected chi connectivity index (χ4v) is 8.49. The van der Waals surface area contributed by atoms with E-state index in [4.69, 9.17) is 26.8 Å². The van der Waals surface area contributed by atoms with Crippen molar-refractivity contribution in [3.63, 3.8) is 0 Å². The lowest BCUT2D eigenvalue weighted by Gasteiger charge is -2.42. The smallest absolute Gasteiger partial charge is 0.418 e. The summed E-state index contributed by atoms with van der Waals surface area (Å²) < 4.78 is 52.8. The van der Waals surface area contributed by atoms with Crippen molar-refractivity contribution in [2.45, 2.75) is 75.7 Å². The number of nitrogens with two attached hydrogens (primary N) is 1. The van der Waals surface area contributed by atoms with E-state index in [9.17, 15) is 37.1 Å². The molecule has 5 amide bonds. The van der Waals surface area contributed by atoms with E-state index in [0.717, 1.165) is 17.3 Å². The molecular formula is C40H51ClF3N7O7. The Hall–Kier alpha value is -4.77. The second kappa shape index (κ2) is 18.4. The molecule has 2 aromatic rings. The maximum Gasteiger partial charge on any atom is 0.418 e. The Balaban J connectivity index is 1.07. The summed E-state index contributed by atoms with van der Waals surface area (Å²) in [7, 11) is 3.18. The number of nitrogen functional groups attached to an aromatic ring is 1. The number of urea groups is 1. The van der Waals surface area contributed by atoms with Gasteiger partial charge in [0, 0.05) is 71.0 Å². The van der Waals surface area contributed by atoms with Gasteiger partial charge in [0.05, 0.1) is 22.2 Å². The lowest BCUT2D eigenvalue weighted by molar-refractivity contribution is -0.156. The van der Waals surface area contributed by atoms with Crippen LogP contribution < -0.4 is 11.1 Å². The number of carbonyl (C=O) groups excluding carboxylic acids is 5. The summed E-state index contributed by atoms with van der Waals surface area (Å²) in [6.07, 6.45) is -3.39. The average Bonchev–Trinajstić information content (AvgIpc) is 3.38. The molecule has 58 heavy (non-hydrogen) atoms. The molecule has 0 unspecified atom stereocenters. The summed E-state index contributed by atoms with van der Waals surface area (Å²) in [5.74, 6) is -1.52. The minimum atomic E-state index is -4.81. The fraction of sp³-hybridized carbons (Fsp3) is 0.575. The molecule has 0 spiro atoms. The number of nitrogens with zero attached hydrogens (tertiary/aromatic N) is 5. The van der Waals surface area contributed by atoms with Gasteiger partial charge in [-0.05, 0) is 87.4 Å². The van der Waals surface area contributed by atoms with Gasteiger partial charge >= 0.3 is 24.3 Å². The number of benzene rings is 2. The quantitative estimate of drug-likeness (QED) is 0.266. The molecule has 2 aromatic carbocycles. The number of halogens is 4. The summed E-state index contributed by atoms with van der Waals surface area (Å²) in [6.45, 7) is 2.67. The van der Waals surface area contributed by atoms with E-state index in [-0.39, 0.29) is 72.6 Å². The maximum absolute atomic E-state index is 14.1. The van der Waals surface area contributed by atoms with Crippen LogP contribution >= 0.6 is 11.6 Å². The van der Waals surface area contributed by atoms with Gasteiger partial charge in [0.2, 0.25) is 0 Å². The minimum Gasteiger partial charge on any atom is -0.455 e. The molecule has 0 aliphatic carbocycles. The molecule has 3 N–H and O–H groups in total. The zero-order valence-corrected chi connectivity index (χ0v) is 33.5. The van der Waals surface area contributed by atoms with E-state index in [2.05, 4.69) is 10.2 Å². The van der Waals surface area contributed by atoms with Crippen LogP contribution in [0.3, 0.4) is 0 Å². The Morgan fingerprint density at radius 2 is 1.55 bits per heavy atom. The minimum absolute atomic E-state index is 0.0342. The molecule has 4 aliphatic rings. The van der Waals surface area contributed by atoms with Crippen LogP contribution in [0.5, 0.6) is 0 Å². The summed E-state index contributed by atoms with van der Waals surface area (Å²) in [5.41, 5.74) is 5.74. The molecule has 0 saturated carbocycles. The highest BCUT2D eigenvalue weighted by Gasteiger charge is 2.39. The number of fused-ring (bicyclic) bond motifs is 1. The number of carbonyl (C=O) groups is 5. The number of hydrogen-bond acceptors (Lipinski definition) is 9. The number of ether oxygens (including phenoxy) is 2. The van der Waals surface area contributed by atoms with Crippen molar-refractivity contribution in [2.75, 3.05) is 77.6 Å². The largest absolute Gasteiger partial charge is 0.455 e. The van der Waals surface area contributed by atoms with Crippen molar-refractivity contribution in [3.8, 4) is 0 Å². The molecule has 0 bridgehead atoms. The fourth-order valence-electron chi connectivity index (χ4n) is 8.25. The molecule has 0 radical (unpaired) electrons. The number of nitrogens with one attached hydrogen (secondary N) is 1. The Morgan fingerprint density at radius 3 is 2.21 bits per heavy atom. The molecular weight excluding hydrogens is 783 g/mol. The molecule has 4 heterocycles. The van der Waals surface area contributed by atoms with Crippen molar-refractivity contribution < 1.29 is 46.6 Å². The normalized spacial score (nSPS) is 19.5.